The van der Waals surface area contributed by atoms with Crippen LogP contribution in [0.15, 0.2) is 36.5 Å². The highest BCUT2D eigenvalue weighted by Crippen LogP contribution is 2.24. The van der Waals surface area contributed by atoms with Crippen molar-refractivity contribution in [2.24, 2.45) is 0 Å². The standard InChI is InChI=1S/C15H20N2OS/c1-3-15(2,18)11-16-9-13-10-17-14(19-13)12-7-5-4-6-8-12/h4-8,10,16,18H,3,9,11H2,1-2H3/t15-/m0/s1. The Balaban J connectivity index is 1.92. The first-order valence-corrected chi connectivity index (χ1v) is 7.35. The van der Waals surface area contributed by atoms with E-state index in [9.17, 15) is 5.11 Å². The van der Waals surface area contributed by atoms with Crippen molar-refractivity contribution in [1.82, 2.24) is 10.3 Å². The Morgan fingerprint density at radius 2 is 2.05 bits per heavy atom. The lowest BCUT2D eigenvalue weighted by Gasteiger charge is -2.21. The molecule has 1 atom stereocenters. The fourth-order valence-corrected chi connectivity index (χ4v) is 2.57. The van der Waals surface area contributed by atoms with Crippen LogP contribution in [0.1, 0.15) is 25.1 Å². The molecule has 1 aromatic heterocycles. The van der Waals surface area contributed by atoms with Crippen LogP contribution >= 0.6 is 11.3 Å². The predicted octanol–water partition coefficient (Wildman–Crippen LogP) is 3.06. The molecular formula is C15H20N2OS. The van der Waals surface area contributed by atoms with Crippen molar-refractivity contribution in [3.05, 3.63) is 41.4 Å². The molecule has 1 aromatic carbocycles. The Hall–Kier alpha value is -1.23. The molecule has 0 bridgehead atoms. The van der Waals surface area contributed by atoms with E-state index >= 15 is 0 Å². The largest absolute Gasteiger partial charge is 0.389 e. The summed E-state index contributed by atoms with van der Waals surface area (Å²) >= 11 is 1.69. The van der Waals surface area contributed by atoms with E-state index in [-0.39, 0.29) is 0 Å². The van der Waals surface area contributed by atoms with Gasteiger partial charge < -0.3 is 10.4 Å². The molecule has 0 saturated carbocycles. The number of nitrogens with zero attached hydrogens (tertiary/aromatic N) is 1. The maximum Gasteiger partial charge on any atom is 0.123 e. The maximum atomic E-state index is 9.91. The number of nitrogens with one attached hydrogen (secondary N) is 1. The van der Waals surface area contributed by atoms with E-state index in [1.54, 1.807) is 11.3 Å². The molecule has 2 aromatic rings. The molecule has 2 rings (SSSR count). The lowest BCUT2D eigenvalue weighted by atomic mass is 10.0. The average Bonchev–Trinajstić information content (AvgIpc) is 2.88. The van der Waals surface area contributed by atoms with E-state index in [1.807, 2.05) is 38.2 Å². The second-order valence-electron chi connectivity index (χ2n) is 4.95. The second-order valence-corrected chi connectivity index (χ2v) is 6.07. The van der Waals surface area contributed by atoms with Gasteiger partial charge in [0.1, 0.15) is 5.01 Å². The van der Waals surface area contributed by atoms with Crippen molar-refractivity contribution in [3.8, 4) is 10.6 Å². The molecule has 1 heterocycles. The summed E-state index contributed by atoms with van der Waals surface area (Å²) in [5, 5.41) is 14.2. The van der Waals surface area contributed by atoms with Gasteiger partial charge in [0.2, 0.25) is 0 Å². The van der Waals surface area contributed by atoms with Gasteiger partial charge in [0, 0.05) is 29.7 Å². The zero-order valence-corrected chi connectivity index (χ0v) is 12.2. The van der Waals surface area contributed by atoms with Crippen LogP contribution in [0.25, 0.3) is 10.6 Å². The monoisotopic (exact) mass is 276 g/mol. The first kappa shape index (κ1) is 14.2. The van der Waals surface area contributed by atoms with Gasteiger partial charge >= 0.3 is 0 Å². The molecule has 3 nitrogen and oxygen atoms in total. The first-order valence-electron chi connectivity index (χ1n) is 6.54. The summed E-state index contributed by atoms with van der Waals surface area (Å²) in [4.78, 5) is 5.62. The van der Waals surface area contributed by atoms with E-state index in [0.717, 1.165) is 23.5 Å². The van der Waals surface area contributed by atoms with E-state index < -0.39 is 5.60 Å². The zero-order valence-electron chi connectivity index (χ0n) is 11.4. The molecule has 19 heavy (non-hydrogen) atoms. The van der Waals surface area contributed by atoms with Crippen LogP contribution in [0, 0.1) is 0 Å². The summed E-state index contributed by atoms with van der Waals surface area (Å²) in [6.07, 6.45) is 2.65. The zero-order chi connectivity index (χ0) is 13.7. The summed E-state index contributed by atoms with van der Waals surface area (Å²) in [7, 11) is 0. The van der Waals surface area contributed by atoms with E-state index in [2.05, 4.69) is 22.4 Å². The Morgan fingerprint density at radius 1 is 1.32 bits per heavy atom. The van der Waals surface area contributed by atoms with Crippen LogP contribution in [-0.4, -0.2) is 22.2 Å². The highest BCUT2D eigenvalue weighted by molar-refractivity contribution is 7.15. The molecular weight excluding hydrogens is 256 g/mol. The highest BCUT2D eigenvalue weighted by atomic mass is 32.1. The number of rotatable bonds is 6. The predicted molar refractivity (Wildman–Crippen MR) is 80.2 cm³/mol. The molecule has 4 heteroatoms. The molecule has 0 radical (unpaired) electrons. The minimum absolute atomic E-state index is 0.599. The molecule has 0 aliphatic heterocycles. The molecule has 0 aliphatic carbocycles. The number of hydrogen-bond donors (Lipinski definition) is 2. The van der Waals surface area contributed by atoms with E-state index in [1.165, 1.54) is 4.88 Å². The minimum atomic E-state index is -0.632. The van der Waals surface area contributed by atoms with Crippen molar-refractivity contribution in [2.75, 3.05) is 6.54 Å². The third-order valence-electron chi connectivity index (χ3n) is 3.14. The number of aliphatic hydroxyl groups is 1. The average molecular weight is 276 g/mol. The van der Waals surface area contributed by atoms with Crippen molar-refractivity contribution in [2.45, 2.75) is 32.4 Å². The SMILES string of the molecule is CC[C@](C)(O)CNCc1cnc(-c2ccccc2)s1. The second kappa shape index (κ2) is 6.28. The summed E-state index contributed by atoms with van der Waals surface area (Å²) in [6.45, 7) is 5.19. The van der Waals surface area contributed by atoms with Crippen molar-refractivity contribution < 1.29 is 5.11 Å². The first-order chi connectivity index (χ1) is 9.11. The fraction of sp³-hybridized carbons (Fsp3) is 0.400. The summed E-state index contributed by atoms with van der Waals surface area (Å²) < 4.78 is 0. The van der Waals surface area contributed by atoms with Gasteiger partial charge in [0.15, 0.2) is 0 Å². The van der Waals surface area contributed by atoms with Gasteiger partial charge in [-0.15, -0.1) is 11.3 Å². The molecule has 0 amide bonds. The van der Waals surface area contributed by atoms with Gasteiger partial charge in [-0.1, -0.05) is 37.3 Å². The number of thiazole rings is 1. The normalized spacial score (nSPS) is 14.3. The van der Waals surface area contributed by atoms with Gasteiger partial charge in [-0.2, -0.15) is 0 Å². The molecule has 0 spiro atoms. The Bertz CT molecular complexity index is 508. The van der Waals surface area contributed by atoms with Crippen molar-refractivity contribution in [1.29, 1.82) is 0 Å². The van der Waals surface area contributed by atoms with Crippen molar-refractivity contribution >= 4 is 11.3 Å². The third-order valence-corrected chi connectivity index (χ3v) is 4.19. The van der Waals surface area contributed by atoms with Crippen LogP contribution in [-0.2, 0) is 6.54 Å². The Kier molecular flexibility index (Phi) is 4.69. The summed E-state index contributed by atoms with van der Waals surface area (Å²) in [5.41, 5.74) is 0.520. The van der Waals surface area contributed by atoms with Gasteiger partial charge in [0.05, 0.1) is 5.60 Å². The topological polar surface area (TPSA) is 45.1 Å². The molecule has 0 unspecified atom stereocenters. The van der Waals surface area contributed by atoms with Gasteiger partial charge in [-0.25, -0.2) is 4.98 Å². The van der Waals surface area contributed by atoms with Crippen LogP contribution in [0.3, 0.4) is 0 Å². The minimum Gasteiger partial charge on any atom is -0.389 e. The van der Waals surface area contributed by atoms with Crippen LogP contribution in [0.5, 0.6) is 0 Å². The van der Waals surface area contributed by atoms with E-state index in [0.29, 0.717) is 6.54 Å². The van der Waals surface area contributed by atoms with Gasteiger partial charge in [-0.3, -0.25) is 0 Å². The molecule has 2 N–H and O–H groups in total. The summed E-state index contributed by atoms with van der Waals surface area (Å²) in [6, 6.07) is 10.2. The lowest BCUT2D eigenvalue weighted by Crippen LogP contribution is -2.36. The molecule has 0 aliphatic rings. The van der Waals surface area contributed by atoms with Crippen LogP contribution < -0.4 is 5.32 Å². The third kappa shape index (κ3) is 4.13. The Morgan fingerprint density at radius 3 is 2.74 bits per heavy atom. The molecule has 0 saturated heterocycles. The van der Waals surface area contributed by atoms with Gasteiger partial charge in [-0.05, 0) is 13.3 Å². The lowest BCUT2D eigenvalue weighted by molar-refractivity contribution is 0.0556. The Labute approximate surface area is 118 Å². The maximum absolute atomic E-state index is 9.91. The van der Waals surface area contributed by atoms with E-state index in [4.69, 9.17) is 0 Å². The highest BCUT2D eigenvalue weighted by Gasteiger charge is 2.16. The quantitative estimate of drug-likeness (QED) is 0.852. The van der Waals surface area contributed by atoms with Crippen LogP contribution in [0.4, 0.5) is 0 Å². The number of aromatic nitrogens is 1. The smallest absolute Gasteiger partial charge is 0.123 e. The van der Waals surface area contributed by atoms with Gasteiger partial charge in [0.25, 0.3) is 0 Å². The van der Waals surface area contributed by atoms with Crippen molar-refractivity contribution in [3.63, 3.8) is 0 Å². The summed E-state index contributed by atoms with van der Waals surface area (Å²) in [5.74, 6) is 0. The molecule has 102 valence electrons. The number of hydrogen-bond acceptors (Lipinski definition) is 4. The molecule has 0 fully saturated rings. The number of benzene rings is 1. The fourth-order valence-electron chi connectivity index (χ4n) is 1.68. The van der Waals surface area contributed by atoms with Crippen LogP contribution in [0.2, 0.25) is 0 Å².